The Morgan fingerprint density at radius 1 is 1.33 bits per heavy atom. The Labute approximate surface area is 104 Å². The molecular weight excluding hydrogens is 230 g/mol. The van der Waals surface area contributed by atoms with Crippen LogP contribution in [0.3, 0.4) is 0 Å². The van der Waals surface area contributed by atoms with Crippen molar-refractivity contribution in [2.45, 2.75) is 25.7 Å². The van der Waals surface area contributed by atoms with Crippen LogP contribution in [0.2, 0.25) is 0 Å². The van der Waals surface area contributed by atoms with Gasteiger partial charge in [0, 0.05) is 12.4 Å². The number of hydrogen-bond acceptors (Lipinski definition) is 3. The van der Waals surface area contributed by atoms with E-state index in [0.717, 1.165) is 25.0 Å². The quantitative estimate of drug-likeness (QED) is 0.873. The molecule has 3 rings (SSSR count). The van der Waals surface area contributed by atoms with E-state index in [4.69, 9.17) is 5.11 Å². The first-order valence-corrected chi connectivity index (χ1v) is 6.02. The number of carboxylic acid groups (broad SMARTS) is 1. The number of carboxylic acids is 1. The summed E-state index contributed by atoms with van der Waals surface area (Å²) in [7, 11) is 0. The molecule has 0 amide bonds. The summed E-state index contributed by atoms with van der Waals surface area (Å²) < 4.78 is 1.60. The minimum Gasteiger partial charge on any atom is -0.478 e. The molecule has 0 unspecified atom stereocenters. The van der Waals surface area contributed by atoms with Gasteiger partial charge < -0.3 is 5.11 Å². The number of nitrogens with zero attached hydrogens (tertiary/aromatic N) is 3. The van der Waals surface area contributed by atoms with Crippen LogP contribution in [0.15, 0.2) is 24.5 Å². The van der Waals surface area contributed by atoms with Gasteiger partial charge in [-0.25, -0.2) is 14.5 Å². The number of hydrogen-bond donors (Lipinski definition) is 1. The summed E-state index contributed by atoms with van der Waals surface area (Å²) in [5.74, 6) is -0.592. The third-order valence-electron chi connectivity index (χ3n) is 3.22. The van der Waals surface area contributed by atoms with Gasteiger partial charge >= 0.3 is 5.97 Å². The van der Waals surface area contributed by atoms with E-state index in [1.807, 2.05) is 6.20 Å². The number of pyridine rings is 1. The monoisotopic (exact) mass is 243 g/mol. The maximum absolute atomic E-state index is 11.2. The largest absolute Gasteiger partial charge is 0.478 e. The summed E-state index contributed by atoms with van der Waals surface area (Å²) in [6.07, 6.45) is 7.80. The maximum Gasteiger partial charge on any atom is 0.339 e. The van der Waals surface area contributed by atoms with Crippen molar-refractivity contribution >= 4 is 5.97 Å². The van der Waals surface area contributed by atoms with Gasteiger partial charge in [-0.3, -0.25) is 0 Å². The molecule has 18 heavy (non-hydrogen) atoms. The molecule has 5 nitrogen and oxygen atoms in total. The highest BCUT2D eigenvalue weighted by Crippen LogP contribution is 2.21. The lowest BCUT2D eigenvalue weighted by atomic mass is 9.99. The maximum atomic E-state index is 11.2. The molecule has 0 saturated heterocycles. The first kappa shape index (κ1) is 11.0. The van der Waals surface area contributed by atoms with E-state index in [0.29, 0.717) is 5.82 Å². The summed E-state index contributed by atoms with van der Waals surface area (Å²) >= 11 is 0. The molecule has 0 atom stereocenters. The summed E-state index contributed by atoms with van der Waals surface area (Å²) in [6, 6.07) is 3.17. The molecular formula is C13H13N3O2. The minimum absolute atomic E-state index is 0.178. The van der Waals surface area contributed by atoms with E-state index in [-0.39, 0.29) is 5.56 Å². The highest BCUT2D eigenvalue weighted by atomic mass is 16.4. The fraction of sp³-hybridized carbons (Fsp3) is 0.308. The highest BCUT2D eigenvalue weighted by Gasteiger charge is 2.18. The fourth-order valence-electron chi connectivity index (χ4n) is 2.33. The molecule has 0 aromatic carbocycles. The molecule has 5 heteroatoms. The Hall–Kier alpha value is -2.17. The van der Waals surface area contributed by atoms with Crippen LogP contribution in [0.1, 0.15) is 34.5 Å². The standard InChI is InChI=1S/C13H13N3O2/c17-13(18)10-5-3-7-14-12(10)16-8-9-4-1-2-6-11(9)15-16/h3,5,7-8H,1-2,4,6H2,(H,17,18). The second-order valence-electron chi connectivity index (χ2n) is 4.43. The van der Waals surface area contributed by atoms with E-state index in [2.05, 4.69) is 10.1 Å². The van der Waals surface area contributed by atoms with Crippen molar-refractivity contribution in [2.24, 2.45) is 0 Å². The van der Waals surface area contributed by atoms with Crippen LogP contribution >= 0.6 is 0 Å². The second-order valence-corrected chi connectivity index (χ2v) is 4.43. The van der Waals surface area contributed by atoms with Crippen molar-refractivity contribution in [3.63, 3.8) is 0 Å². The lowest BCUT2D eigenvalue weighted by Crippen LogP contribution is -2.08. The van der Waals surface area contributed by atoms with Crippen LogP contribution in [0, 0.1) is 0 Å². The van der Waals surface area contributed by atoms with E-state index >= 15 is 0 Å². The molecule has 0 saturated carbocycles. The van der Waals surface area contributed by atoms with Gasteiger partial charge in [0.25, 0.3) is 0 Å². The zero-order valence-electron chi connectivity index (χ0n) is 9.83. The summed E-state index contributed by atoms with van der Waals surface area (Å²) in [5.41, 5.74) is 2.46. The first-order chi connectivity index (χ1) is 8.75. The highest BCUT2D eigenvalue weighted by molar-refractivity contribution is 5.90. The van der Waals surface area contributed by atoms with Crippen molar-refractivity contribution in [3.8, 4) is 5.82 Å². The smallest absolute Gasteiger partial charge is 0.339 e. The molecule has 2 aromatic rings. The molecule has 0 fully saturated rings. The fourth-order valence-corrected chi connectivity index (χ4v) is 2.33. The van der Waals surface area contributed by atoms with Gasteiger partial charge in [0.05, 0.1) is 5.69 Å². The van der Waals surface area contributed by atoms with Gasteiger partial charge in [-0.15, -0.1) is 0 Å². The normalized spacial score (nSPS) is 14.2. The predicted octanol–water partition coefficient (Wildman–Crippen LogP) is 1.84. The van der Waals surface area contributed by atoms with E-state index in [9.17, 15) is 4.79 Å². The Bertz CT molecular complexity index is 581. The number of carbonyl (C=O) groups is 1. The van der Waals surface area contributed by atoms with Gasteiger partial charge in [-0.05, 0) is 43.4 Å². The van der Waals surface area contributed by atoms with Gasteiger partial charge in [-0.1, -0.05) is 0 Å². The molecule has 2 aromatic heterocycles. The van der Waals surface area contributed by atoms with Crippen LogP contribution in [0.5, 0.6) is 0 Å². The van der Waals surface area contributed by atoms with E-state index in [1.165, 1.54) is 12.0 Å². The van der Waals surface area contributed by atoms with Crippen LogP contribution < -0.4 is 0 Å². The Morgan fingerprint density at radius 3 is 2.94 bits per heavy atom. The Balaban J connectivity index is 2.09. The lowest BCUT2D eigenvalue weighted by Gasteiger charge is -2.06. The Kier molecular flexibility index (Phi) is 2.59. The van der Waals surface area contributed by atoms with Gasteiger partial charge in [0.15, 0.2) is 5.82 Å². The third kappa shape index (κ3) is 1.77. The predicted molar refractivity (Wildman–Crippen MR) is 65.0 cm³/mol. The molecule has 0 spiro atoms. The topological polar surface area (TPSA) is 68.0 Å². The summed E-state index contributed by atoms with van der Waals surface area (Å²) in [5, 5.41) is 13.6. The number of aromatic carboxylic acids is 1. The van der Waals surface area contributed by atoms with Crippen LogP contribution in [0.25, 0.3) is 5.82 Å². The van der Waals surface area contributed by atoms with Crippen LogP contribution in [0.4, 0.5) is 0 Å². The molecule has 1 aliphatic carbocycles. The number of aryl methyl sites for hydroxylation is 2. The van der Waals surface area contributed by atoms with Crippen molar-refractivity contribution < 1.29 is 9.90 Å². The van der Waals surface area contributed by atoms with Gasteiger partial charge in [-0.2, -0.15) is 5.10 Å². The van der Waals surface area contributed by atoms with Crippen LogP contribution in [-0.4, -0.2) is 25.8 Å². The van der Waals surface area contributed by atoms with Gasteiger partial charge in [0.2, 0.25) is 0 Å². The molecule has 0 bridgehead atoms. The molecule has 0 radical (unpaired) electrons. The lowest BCUT2D eigenvalue weighted by molar-refractivity contribution is 0.0696. The number of fused-ring (bicyclic) bond motifs is 1. The SMILES string of the molecule is O=C(O)c1cccnc1-n1cc2c(n1)CCCC2. The van der Waals surface area contributed by atoms with Crippen molar-refractivity contribution in [1.29, 1.82) is 0 Å². The zero-order valence-corrected chi connectivity index (χ0v) is 9.83. The molecule has 92 valence electrons. The summed E-state index contributed by atoms with van der Waals surface area (Å²) in [4.78, 5) is 15.3. The average Bonchev–Trinajstić information content (AvgIpc) is 2.82. The third-order valence-corrected chi connectivity index (χ3v) is 3.22. The molecule has 1 N–H and O–H groups in total. The number of aromatic nitrogens is 3. The summed E-state index contributed by atoms with van der Waals surface area (Å²) in [6.45, 7) is 0. The van der Waals surface area contributed by atoms with E-state index in [1.54, 1.807) is 23.0 Å². The molecule has 2 heterocycles. The van der Waals surface area contributed by atoms with Gasteiger partial charge in [0.1, 0.15) is 5.56 Å². The average molecular weight is 243 g/mol. The molecule has 1 aliphatic rings. The van der Waals surface area contributed by atoms with Crippen molar-refractivity contribution in [3.05, 3.63) is 41.3 Å². The van der Waals surface area contributed by atoms with Crippen LogP contribution in [-0.2, 0) is 12.8 Å². The number of rotatable bonds is 2. The Morgan fingerprint density at radius 2 is 2.17 bits per heavy atom. The van der Waals surface area contributed by atoms with Crippen molar-refractivity contribution in [2.75, 3.05) is 0 Å². The minimum atomic E-state index is -0.980. The zero-order chi connectivity index (χ0) is 12.5. The first-order valence-electron chi connectivity index (χ1n) is 6.02. The second kappa shape index (κ2) is 4.25. The van der Waals surface area contributed by atoms with Crippen molar-refractivity contribution in [1.82, 2.24) is 14.8 Å². The van der Waals surface area contributed by atoms with E-state index < -0.39 is 5.97 Å². The molecule has 0 aliphatic heterocycles.